The molecule has 0 heterocycles. The number of hydrogen-bond donors (Lipinski definition) is 1. The van der Waals surface area contributed by atoms with Crippen molar-refractivity contribution < 1.29 is 27.4 Å². The summed E-state index contributed by atoms with van der Waals surface area (Å²) in [6.07, 6.45) is -6.52. The fraction of sp³-hybridized carbons (Fsp3) is 0.455. The van der Waals surface area contributed by atoms with Gasteiger partial charge in [-0.2, -0.15) is 8.78 Å². The molecule has 1 aromatic carbocycles. The minimum Gasteiger partial charge on any atom is -0.494 e. The molecule has 0 radical (unpaired) electrons. The largest absolute Gasteiger partial charge is 0.494 e. The molecule has 1 unspecified atom stereocenters. The number of aliphatic hydroxyl groups is 1. The average Bonchev–Trinajstić information content (AvgIpc) is 2.28. The highest BCUT2D eigenvalue weighted by molar-refractivity contribution is 9.10. The lowest BCUT2D eigenvalue weighted by atomic mass is 10.0. The van der Waals surface area contributed by atoms with Crippen LogP contribution in [0.1, 0.15) is 18.6 Å². The van der Waals surface area contributed by atoms with Gasteiger partial charge in [0.05, 0.1) is 6.61 Å². The van der Waals surface area contributed by atoms with Crippen molar-refractivity contribution in [3.63, 3.8) is 0 Å². The second-order valence-corrected chi connectivity index (χ2v) is 4.35. The molecule has 0 fully saturated rings. The number of benzene rings is 1. The summed E-state index contributed by atoms with van der Waals surface area (Å²) in [5.41, 5.74) is -0.316. The van der Waals surface area contributed by atoms with Gasteiger partial charge in [-0.1, -0.05) is 22.0 Å². The Bertz CT molecular complexity index is 412. The highest BCUT2D eigenvalue weighted by Crippen LogP contribution is 2.40. The van der Waals surface area contributed by atoms with E-state index in [2.05, 4.69) is 15.9 Å². The Morgan fingerprint density at radius 1 is 1.39 bits per heavy atom. The third kappa shape index (κ3) is 3.14. The van der Waals surface area contributed by atoms with Crippen molar-refractivity contribution in [3.05, 3.63) is 28.2 Å². The van der Waals surface area contributed by atoms with Gasteiger partial charge in [0.1, 0.15) is 11.9 Å². The van der Waals surface area contributed by atoms with E-state index in [1.54, 1.807) is 6.92 Å². The van der Waals surface area contributed by atoms with E-state index in [9.17, 15) is 22.7 Å². The Balaban J connectivity index is 3.03. The second kappa shape index (κ2) is 5.88. The Morgan fingerprint density at radius 3 is 2.44 bits per heavy atom. The zero-order valence-corrected chi connectivity index (χ0v) is 10.9. The normalized spacial score (nSPS) is 13.8. The molecule has 0 aliphatic carbocycles. The van der Waals surface area contributed by atoms with E-state index < -0.39 is 18.5 Å². The van der Waals surface area contributed by atoms with Crippen LogP contribution in [-0.2, 0) is 0 Å². The molecule has 18 heavy (non-hydrogen) atoms. The summed E-state index contributed by atoms with van der Waals surface area (Å²) in [6, 6.07) is 3.79. The first-order chi connectivity index (χ1) is 8.30. The summed E-state index contributed by atoms with van der Waals surface area (Å²) in [7, 11) is 0. The van der Waals surface area contributed by atoms with E-state index in [1.165, 1.54) is 12.1 Å². The Labute approximate surface area is 110 Å². The molecule has 0 saturated heterocycles. The standard InChI is InChI=1S/C11H11BrF4O2/c1-2-18-6-3-4-7(8(12)5-6)9(17)11(15,16)10(13)14/h3-5,9-10,17H,2H2,1H3. The average molecular weight is 331 g/mol. The number of halogens is 5. The highest BCUT2D eigenvalue weighted by Gasteiger charge is 2.49. The van der Waals surface area contributed by atoms with Crippen LogP contribution in [0, 0.1) is 0 Å². The van der Waals surface area contributed by atoms with Crippen LogP contribution in [-0.4, -0.2) is 24.1 Å². The zero-order chi connectivity index (χ0) is 13.9. The third-order valence-corrected chi connectivity index (χ3v) is 2.92. The first kappa shape index (κ1) is 15.2. The first-order valence-electron chi connectivity index (χ1n) is 5.07. The zero-order valence-electron chi connectivity index (χ0n) is 9.34. The molecule has 1 atom stereocenters. The van der Waals surface area contributed by atoms with E-state index in [0.29, 0.717) is 12.4 Å². The lowest BCUT2D eigenvalue weighted by Gasteiger charge is -2.23. The molecular formula is C11H11BrF4O2. The van der Waals surface area contributed by atoms with Crippen LogP contribution in [0.15, 0.2) is 22.7 Å². The minimum atomic E-state index is -4.50. The van der Waals surface area contributed by atoms with Crippen LogP contribution in [0.25, 0.3) is 0 Å². The summed E-state index contributed by atoms with van der Waals surface area (Å²) >= 11 is 2.94. The molecule has 0 saturated carbocycles. The predicted octanol–water partition coefficient (Wildman–Crippen LogP) is 3.78. The van der Waals surface area contributed by atoms with Crippen LogP contribution in [0.2, 0.25) is 0 Å². The van der Waals surface area contributed by atoms with E-state index >= 15 is 0 Å². The van der Waals surface area contributed by atoms with E-state index in [-0.39, 0.29) is 10.0 Å². The minimum absolute atomic E-state index is 0.0845. The van der Waals surface area contributed by atoms with Crippen molar-refractivity contribution in [2.45, 2.75) is 25.4 Å². The van der Waals surface area contributed by atoms with Gasteiger partial charge in [-0.15, -0.1) is 0 Å². The van der Waals surface area contributed by atoms with Gasteiger partial charge in [0.25, 0.3) is 0 Å². The number of alkyl halides is 4. The van der Waals surface area contributed by atoms with Gasteiger partial charge in [-0.05, 0) is 19.1 Å². The van der Waals surface area contributed by atoms with Gasteiger partial charge >= 0.3 is 12.3 Å². The molecule has 1 N–H and O–H groups in total. The summed E-state index contributed by atoms with van der Waals surface area (Å²) in [4.78, 5) is 0. The number of hydrogen-bond acceptors (Lipinski definition) is 2. The number of aliphatic hydroxyl groups excluding tert-OH is 1. The van der Waals surface area contributed by atoms with Crippen molar-refractivity contribution in [3.8, 4) is 5.75 Å². The number of rotatable bonds is 5. The lowest BCUT2D eigenvalue weighted by Crippen LogP contribution is -2.34. The van der Waals surface area contributed by atoms with Crippen LogP contribution in [0.4, 0.5) is 17.6 Å². The van der Waals surface area contributed by atoms with Gasteiger partial charge in [0.2, 0.25) is 0 Å². The molecule has 102 valence electrons. The van der Waals surface area contributed by atoms with Crippen LogP contribution in [0.5, 0.6) is 5.75 Å². The molecule has 0 bridgehead atoms. The summed E-state index contributed by atoms with van der Waals surface area (Å²) in [5, 5.41) is 9.32. The highest BCUT2D eigenvalue weighted by atomic mass is 79.9. The van der Waals surface area contributed by atoms with Crippen molar-refractivity contribution in [2.24, 2.45) is 0 Å². The van der Waals surface area contributed by atoms with Gasteiger partial charge < -0.3 is 9.84 Å². The van der Waals surface area contributed by atoms with Crippen molar-refractivity contribution in [1.82, 2.24) is 0 Å². The first-order valence-corrected chi connectivity index (χ1v) is 5.86. The predicted molar refractivity (Wildman–Crippen MR) is 61.2 cm³/mol. The van der Waals surface area contributed by atoms with Gasteiger partial charge in [0.15, 0.2) is 0 Å². The van der Waals surface area contributed by atoms with Gasteiger partial charge in [-0.3, -0.25) is 0 Å². The van der Waals surface area contributed by atoms with E-state index in [4.69, 9.17) is 4.74 Å². The van der Waals surface area contributed by atoms with Crippen LogP contribution >= 0.6 is 15.9 Å². The fourth-order valence-electron chi connectivity index (χ4n) is 1.31. The molecule has 0 aromatic heterocycles. The van der Waals surface area contributed by atoms with Crippen LogP contribution < -0.4 is 4.74 Å². The SMILES string of the molecule is CCOc1ccc(C(O)C(F)(F)C(F)F)c(Br)c1. The smallest absolute Gasteiger partial charge is 0.336 e. The quantitative estimate of drug-likeness (QED) is 0.832. The Morgan fingerprint density at radius 2 is 2.00 bits per heavy atom. The second-order valence-electron chi connectivity index (χ2n) is 3.49. The van der Waals surface area contributed by atoms with E-state index in [0.717, 1.165) is 6.07 Å². The molecule has 0 amide bonds. The number of ether oxygens (including phenoxy) is 1. The monoisotopic (exact) mass is 330 g/mol. The summed E-state index contributed by atoms with van der Waals surface area (Å²) in [5.74, 6) is -4.11. The summed E-state index contributed by atoms with van der Waals surface area (Å²) < 4.78 is 55.5. The Hall–Kier alpha value is -0.820. The fourth-order valence-corrected chi connectivity index (χ4v) is 1.89. The Kier molecular flexibility index (Phi) is 4.98. The molecule has 7 heteroatoms. The van der Waals surface area contributed by atoms with Gasteiger partial charge in [-0.25, -0.2) is 8.78 Å². The summed E-state index contributed by atoms with van der Waals surface area (Å²) in [6.45, 7) is 2.11. The van der Waals surface area contributed by atoms with Gasteiger partial charge in [0, 0.05) is 10.0 Å². The van der Waals surface area contributed by atoms with Crippen LogP contribution in [0.3, 0.4) is 0 Å². The molecule has 1 aromatic rings. The molecule has 2 nitrogen and oxygen atoms in total. The molecule has 0 spiro atoms. The maximum Gasteiger partial charge on any atom is 0.336 e. The third-order valence-electron chi connectivity index (χ3n) is 2.23. The molecular weight excluding hydrogens is 320 g/mol. The van der Waals surface area contributed by atoms with Crippen molar-refractivity contribution >= 4 is 15.9 Å². The molecule has 0 aliphatic heterocycles. The van der Waals surface area contributed by atoms with E-state index in [1.807, 2.05) is 0 Å². The molecule has 0 aliphatic rings. The maximum atomic E-state index is 13.0. The van der Waals surface area contributed by atoms with Crippen molar-refractivity contribution in [2.75, 3.05) is 6.61 Å². The van der Waals surface area contributed by atoms with Crippen molar-refractivity contribution in [1.29, 1.82) is 0 Å². The topological polar surface area (TPSA) is 29.5 Å². The molecule has 1 rings (SSSR count). The maximum absolute atomic E-state index is 13.0. The lowest BCUT2D eigenvalue weighted by molar-refractivity contribution is -0.194.